The van der Waals surface area contributed by atoms with E-state index in [-0.39, 0.29) is 21.2 Å². The van der Waals surface area contributed by atoms with Crippen molar-refractivity contribution in [3.8, 4) is 0 Å². The van der Waals surface area contributed by atoms with E-state index in [1.807, 2.05) is 0 Å². The molecule has 90 valence electrons. The van der Waals surface area contributed by atoms with E-state index in [1.54, 1.807) is 6.92 Å². The van der Waals surface area contributed by atoms with Crippen LogP contribution in [-0.2, 0) is 9.84 Å². The monoisotopic (exact) mass is 263 g/mol. The molecule has 0 amide bonds. The van der Waals surface area contributed by atoms with Gasteiger partial charge in [-0.3, -0.25) is 0 Å². The Labute approximate surface area is 98.0 Å². The Morgan fingerprint density at radius 1 is 1.56 bits per heavy atom. The SMILES string of the molecule is CCCS(=O)(=O)c1csc(C(=O)O)c1NC. The van der Waals surface area contributed by atoms with Gasteiger partial charge in [0.25, 0.3) is 0 Å². The molecule has 0 fully saturated rings. The highest BCUT2D eigenvalue weighted by Crippen LogP contribution is 2.32. The Morgan fingerprint density at radius 3 is 2.62 bits per heavy atom. The molecule has 7 heteroatoms. The van der Waals surface area contributed by atoms with E-state index in [2.05, 4.69) is 5.32 Å². The molecule has 0 aromatic carbocycles. The van der Waals surface area contributed by atoms with Crippen LogP contribution < -0.4 is 5.32 Å². The van der Waals surface area contributed by atoms with Gasteiger partial charge in [0, 0.05) is 12.4 Å². The van der Waals surface area contributed by atoms with Gasteiger partial charge in [-0.25, -0.2) is 13.2 Å². The van der Waals surface area contributed by atoms with Crippen LogP contribution in [0.3, 0.4) is 0 Å². The van der Waals surface area contributed by atoms with Gasteiger partial charge in [0.1, 0.15) is 9.77 Å². The average Bonchev–Trinajstić information content (AvgIpc) is 2.61. The summed E-state index contributed by atoms with van der Waals surface area (Å²) in [6.07, 6.45) is 0.504. The second-order valence-corrected chi connectivity index (χ2v) is 6.14. The zero-order valence-corrected chi connectivity index (χ0v) is 10.6. The molecule has 5 nitrogen and oxygen atoms in total. The van der Waals surface area contributed by atoms with Crippen molar-refractivity contribution < 1.29 is 18.3 Å². The molecule has 0 aliphatic carbocycles. The molecule has 0 saturated carbocycles. The van der Waals surface area contributed by atoms with Crippen molar-refractivity contribution in [1.82, 2.24) is 0 Å². The highest BCUT2D eigenvalue weighted by Gasteiger charge is 2.24. The van der Waals surface area contributed by atoms with Gasteiger partial charge in [-0.15, -0.1) is 11.3 Å². The summed E-state index contributed by atoms with van der Waals surface area (Å²) in [7, 11) is -1.87. The van der Waals surface area contributed by atoms with Crippen LogP contribution >= 0.6 is 11.3 Å². The highest BCUT2D eigenvalue weighted by atomic mass is 32.2. The lowest BCUT2D eigenvalue weighted by Crippen LogP contribution is -2.08. The van der Waals surface area contributed by atoms with E-state index >= 15 is 0 Å². The molecule has 0 atom stereocenters. The minimum atomic E-state index is -3.38. The molecule has 1 aromatic rings. The van der Waals surface area contributed by atoms with Crippen LogP contribution in [0, 0.1) is 0 Å². The van der Waals surface area contributed by atoms with Crippen LogP contribution in [0.1, 0.15) is 23.0 Å². The largest absolute Gasteiger partial charge is 0.477 e. The maximum atomic E-state index is 11.8. The molecule has 1 heterocycles. The first-order chi connectivity index (χ1) is 7.44. The fraction of sp³-hybridized carbons (Fsp3) is 0.444. The molecule has 0 saturated heterocycles. The quantitative estimate of drug-likeness (QED) is 0.844. The number of carbonyl (C=O) groups is 1. The second kappa shape index (κ2) is 4.84. The number of thiophene rings is 1. The highest BCUT2D eigenvalue weighted by molar-refractivity contribution is 7.91. The van der Waals surface area contributed by atoms with Crippen LogP contribution in [0.5, 0.6) is 0 Å². The van der Waals surface area contributed by atoms with Crippen molar-refractivity contribution >= 4 is 32.8 Å². The Morgan fingerprint density at radius 2 is 2.19 bits per heavy atom. The van der Waals surface area contributed by atoms with Crippen LogP contribution in [-0.4, -0.2) is 32.3 Å². The smallest absolute Gasteiger partial charge is 0.348 e. The van der Waals surface area contributed by atoms with Gasteiger partial charge < -0.3 is 10.4 Å². The van der Waals surface area contributed by atoms with Crippen molar-refractivity contribution in [2.24, 2.45) is 0 Å². The zero-order chi connectivity index (χ0) is 12.3. The Hall–Kier alpha value is -1.08. The van der Waals surface area contributed by atoms with Crippen molar-refractivity contribution in [2.75, 3.05) is 18.1 Å². The first-order valence-electron chi connectivity index (χ1n) is 4.69. The number of anilines is 1. The van der Waals surface area contributed by atoms with Gasteiger partial charge >= 0.3 is 5.97 Å². The summed E-state index contributed by atoms with van der Waals surface area (Å²) in [6, 6.07) is 0. The molecule has 2 N–H and O–H groups in total. The molecule has 16 heavy (non-hydrogen) atoms. The van der Waals surface area contributed by atoms with Crippen molar-refractivity contribution in [3.63, 3.8) is 0 Å². The van der Waals surface area contributed by atoms with Gasteiger partial charge in [-0.05, 0) is 6.42 Å². The summed E-state index contributed by atoms with van der Waals surface area (Å²) in [5, 5.41) is 12.9. The predicted octanol–water partition coefficient (Wildman–Crippen LogP) is 1.67. The lowest BCUT2D eigenvalue weighted by molar-refractivity contribution is 0.0703. The van der Waals surface area contributed by atoms with Gasteiger partial charge in [-0.1, -0.05) is 6.92 Å². The third-order valence-electron chi connectivity index (χ3n) is 2.01. The van der Waals surface area contributed by atoms with Crippen molar-refractivity contribution in [1.29, 1.82) is 0 Å². The number of carboxylic acids is 1. The number of aromatic carboxylic acids is 1. The fourth-order valence-corrected chi connectivity index (χ4v) is 4.19. The standard InChI is InChI=1S/C9H13NO4S2/c1-3-4-16(13,14)6-5-15-8(9(11)12)7(6)10-2/h5,10H,3-4H2,1-2H3,(H,11,12). The number of sulfone groups is 1. The van der Waals surface area contributed by atoms with Gasteiger partial charge in [-0.2, -0.15) is 0 Å². The van der Waals surface area contributed by atoms with E-state index < -0.39 is 15.8 Å². The summed E-state index contributed by atoms with van der Waals surface area (Å²) in [5.41, 5.74) is 0.186. The number of hydrogen-bond donors (Lipinski definition) is 2. The maximum Gasteiger partial charge on any atom is 0.348 e. The molecule has 1 rings (SSSR count). The maximum absolute atomic E-state index is 11.8. The molecule has 1 aromatic heterocycles. The molecular formula is C9H13NO4S2. The van der Waals surface area contributed by atoms with Gasteiger partial charge in [0.15, 0.2) is 9.84 Å². The molecule has 0 spiro atoms. The molecule has 0 radical (unpaired) electrons. The number of nitrogens with one attached hydrogen (secondary N) is 1. The van der Waals surface area contributed by atoms with Gasteiger partial charge in [0.2, 0.25) is 0 Å². The first-order valence-corrected chi connectivity index (χ1v) is 7.22. The molecule has 0 unspecified atom stereocenters. The summed E-state index contributed by atoms with van der Waals surface area (Å²) >= 11 is 0.920. The van der Waals surface area contributed by atoms with E-state index in [1.165, 1.54) is 12.4 Å². The molecular weight excluding hydrogens is 250 g/mol. The topological polar surface area (TPSA) is 83.5 Å². The zero-order valence-electron chi connectivity index (χ0n) is 8.98. The Bertz CT molecular complexity index is 490. The number of hydrogen-bond acceptors (Lipinski definition) is 5. The summed E-state index contributed by atoms with van der Waals surface area (Å²) < 4.78 is 23.6. The summed E-state index contributed by atoms with van der Waals surface area (Å²) in [4.78, 5) is 11.0. The van der Waals surface area contributed by atoms with Gasteiger partial charge in [0.05, 0.1) is 11.4 Å². The number of rotatable bonds is 5. The summed E-state index contributed by atoms with van der Waals surface area (Å²) in [5.74, 6) is -1.09. The number of carboxylic acid groups (broad SMARTS) is 1. The predicted molar refractivity (Wildman–Crippen MR) is 63.2 cm³/mol. The fourth-order valence-electron chi connectivity index (χ4n) is 1.34. The Balaban J connectivity index is 3.31. The Kier molecular flexibility index (Phi) is 3.93. The third kappa shape index (κ3) is 2.35. The van der Waals surface area contributed by atoms with E-state index in [0.29, 0.717) is 6.42 Å². The van der Waals surface area contributed by atoms with Crippen molar-refractivity contribution in [3.05, 3.63) is 10.3 Å². The van der Waals surface area contributed by atoms with Crippen LogP contribution in [0.2, 0.25) is 0 Å². The molecule has 0 aliphatic heterocycles. The minimum absolute atomic E-state index is 0.0252. The minimum Gasteiger partial charge on any atom is -0.477 e. The van der Waals surface area contributed by atoms with Crippen molar-refractivity contribution in [2.45, 2.75) is 18.2 Å². The van der Waals surface area contributed by atoms with E-state index in [0.717, 1.165) is 11.3 Å². The molecule has 0 aliphatic rings. The first kappa shape index (κ1) is 13.0. The summed E-state index contributed by atoms with van der Waals surface area (Å²) in [6.45, 7) is 1.76. The lowest BCUT2D eigenvalue weighted by Gasteiger charge is -2.05. The van der Waals surface area contributed by atoms with Crippen LogP contribution in [0.4, 0.5) is 5.69 Å². The van der Waals surface area contributed by atoms with Crippen LogP contribution in [0.25, 0.3) is 0 Å². The van der Waals surface area contributed by atoms with Crippen LogP contribution in [0.15, 0.2) is 10.3 Å². The van der Waals surface area contributed by atoms with E-state index in [9.17, 15) is 13.2 Å². The average molecular weight is 263 g/mol. The third-order valence-corrected chi connectivity index (χ3v) is 5.06. The van der Waals surface area contributed by atoms with E-state index in [4.69, 9.17) is 5.11 Å². The second-order valence-electron chi connectivity index (χ2n) is 3.18. The lowest BCUT2D eigenvalue weighted by atomic mass is 10.4. The normalized spacial score (nSPS) is 11.4. The molecule has 0 bridgehead atoms.